The molecule has 0 saturated carbocycles. The van der Waals surface area contributed by atoms with E-state index in [0.717, 1.165) is 30.7 Å². The molecule has 1 aromatic heterocycles. The summed E-state index contributed by atoms with van der Waals surface area (Å²) in [7, 11) is 0. The van der Waals surface area contributed by atoms with E-state index in [1.165, 1.54) is 18.4 Å². The fourth-order valence-electron chi connectivity index (χ4n) is 2.33. The molecule has 3 heteroatoms. The van der Waals surface area contributed by atoms with E-state index in [1.807, 2.05) is 5.38 Å². The summed E-state index contributed by atoms with van der Waals surface area (Å²) in [6.45, 7) is 3.01. The monoisotopic (exact) mass is 252 g/mol. The summed E-state index contributed by atoms with van der Waals surface area (Å²) >= 11 is 1.58. The van der Waals surface area contributed by atoms with Crippen molar-refractivity contribution in [3.8, 4) is 0 Å². The van der Waals surface area contributed by atoms with Crippen LogP contribution in [0.15, 0.2) is 11.4 Å². The molecule has 0 amide bonds. The fourth-order valence-corrected chi connectivity index (χ4v) is 3.30. The predicted octanol–water partition coefficient (Wildman–Crippen LogP) is 3.84. The van der Waals surface area contributed by atoms with Gasteiger partial charge in [0, 0.05) is 13.0 Å². The van der Waals surface area contributed by atoms with Crippen LogP contribution in [0.4, 0.5) is 0 Å². The van der Waals surface area contributed by atoms with Crippen molar-refractivity contribution in [2.45, 2.75) is 51.6 Å². The smallest absolute Gasteiger partial charge is 0.173 e. The number of hydrogen-bond acceptors (Lipinski definition) is 3. The van der Waals surface area contributed by atoms with Gasteiger partial charge in [-0.1, -0.05) is 6.92 Å². The lowest BCUT2D eigenvalue weighted by atomic mass is 10.0. The molecule has 17 heavy (non-hydrogen) atoms. The van der Waals surface area contributed by atoms with Crippen LogP contribution in [0, 0.1) is 0 Å². The van der Waals surface area contributed by atoms with Crippen molar-refractivity contribution in [2.24, 2.45) is 0 Å². The maximum atomic E-state index is 12.0. The van der Waals surface area contributed by atoms with Gasteiger partial charge in [0.2, 0.25) is 0 Å². The molecule has 2 nitrogen and oxygen atoms in total. The van der Waals surface area contributed by atoms with Gasteiger partial charge in [0.25, 0.3) is 0 Å². The Kier molecular flexibility index (Phi) is 4.75. The molecule has 2 rings (SSSR count). The third-order valence-electron chi connectivity index (χ3n) is 3.33. The first-order valence-corrected chi connectivity index (χ1v) is 7.40. The summed E-state index contributed by atoms with van der Waals surface area (Å²) in [5.74, 6) is 0.315. The topological polar surface area (TPSA) is 26.3 Å². The Labute approximate surface area is 107 Å². The van der Waals surface area contributed by atoms with E-state index in [-0.39, 0.29) is 0 Å². The van der Waals surface area contributed by atoms with Crippen LogP contribution in [0.25, 0.3) is 0 Å². The lowest BCUT2D eigenvalue weighted by molar-refractivity contribution is 0.0925. The summed E-state index contributed by atoms with van der Waals surface area (Å²) < 4.78 is 5.56. The normalized spacial score (nSPS) is 19.7. The zero-order valence-corrected chi connectivity index (χ0v) is 11.2. The van der Waals surface area contributed by atoms with Gasteiger partial charge in [0.05, 0.1) is 11.0 Å². The molecule has 0 bridgehead atoms. The number of carbonyl (C=O) groups is 1. The summed E-state index contributed by atoms with van der Waals surface area (Å²) in [6.07, 6.45) is 6.40. The Bertz CT molecular complexity index is 364. The fraction of sp³-hybridized carbons (Fsp3) is 0.643. The number of ether oxygens (including phenoxy) is 1. The molecule has 1 aromatic rings. The van der Waals surface area contributed by atoms with E-state index in [9.17, 15) is 4.79 Å². The minimum atomic E-state index is 0.315. The van der Waals surface area contributed by atoms with Crippen LogP contribution >= 0.6 is 11.3 Å². The second kappa shape index (κ2) is 6.31. The largest absolute Gasteiger partial charge is 0.378 e. The van der Waals surface area contributed by atoms with Crippen molar-refractivity contribution in [1.29, 1.82) is 0 Å². The molecule has 0 spiro atoms. The lowest BCUT2D eigenvalue weighted by Gasteiger charge is -2.08. The van der Waals surface area contributed by atoms with Crippen molar-refractivity contribution < 1.29 is 9.53 Å². The molecule has 0 N–H and O–H groups in total. The van der Waals surface area contributed by atoms with E-state index in [4.69, 9.17) is 4.74 Å². The summed E-state index contributed by atoms with van der Waals surface area (Å²) in [6, 6.07) is 2.07. The number of aryl methyl sites for hydroxylation is 1. The molecule has 94 valence electrons. The highest BCUT2D eigenvalue weighted by Gasteiger charge is 2.17. The third kappa shape index (κ3) is 3.39. The Balaban J connectivity index is 1.77. The number of hydrogen-bond donors (Lipinski definition) is 0. The number of carbonyl (C=O) groups excluding carboxylic acids is 1. The van der Waals surface area contributed by atoms with Crippen molar-refractivity contribution in [1.82, 2.24) is 0 Å². The second-order valence-electron chi connectivity index (χ2n) is 4.58. The Morgan fingerprint density at radius 1 is 1.59 bits per heavy atom. The van der Waals surface area contributed by atoms with Gasteiger partial charge >= 0.3 is 0 Å². The third-order valence-corrected chi connectivity index (χ3v) is 4.33. The van der Waals surface area contributed by atoms with Gasteiger partial charge < -0.3 is 4.74 Å². The van der Waals surface area contributed by atoms with E-state index >= 15 is 0 Å². The van der Waals surface area contributed by atoms with E-state index < -0.39 is 0 Å². The van der Waals surface area contributed by atoms with Gasteiger partial charge in [-0.15, -0.1) is 11.3 Å². The summed E-state index contributed by atoms with van der Waals surface area (Å²) in [5, 5.41) is 2.02. The first-order valence-electron chi connectivity index (χ1n) is 6.52. The minimum absolute atomic E-state index is 0.315. The van der Waals surface area contributed by atoms with E-state index in [1.54, 1.807) is 11.3 Å². The predicted molar refractivity (Wildman–Crippen MR) is 70.9 cm³/mol. The van der Waals surface area contributed by atoms with Gasteiger partial charge in [0.1, 0.15) is 0 Å². The second-order valence-corrected chi connectivity index (χ2v) is 5.50. The van der Waals surface area contributed by atoms with Gasteiger partial charge in [-0.05, 0) is 49.1 Å². The standard InChI is InChI=1S/C14H20O2S/c1-2-11-8-10-17-14(11)13(15)7-3-5-12-6-4-9-16-12/h8,10,12H,2-7,9H2,1H3. The van der Waals surface area contributed by atoms with Crippen LogP contribution in [-0.2, 0) is 11.2 Å². The van der Waals surface area contributed by atoms with Crippen LogP contribution < -0.4 is 0 Å². The Hall–Kier alpha value is -0.670. The number of thiophene rings is 1. The van der Waals surface area contributed by atoms with Crippen LogP contribution in [-0.4, -0.2) is 18.5 Å². The Morgan fingerprint density at radius 3 is 3.18 bits per heavy atom. The highest BCUT2D eigenvalue weighted by molar-refractivity contribution is 7.12. The number of Topliss-reactive ketones (excluding diaryl/α,β-unsaturated/α-hetero) is 1. The maximum absolute atomic E-state index is 12.0. The van der Waals surface area contributed by atoms with E-state index in [0.29, 0.717) is 18.3 Å². The molecular weight excluding hydrogens is 232 g/mol. The van der Waals surface area contributed by atoms with Crippen LogP contribution in [0.1, 0.15) is 54.3 Å². The molecule has 1 unspecified atom stereocenters. The highest BCUT2D eigenvalue weighted by atomic mass is 32.1. The number of ketones is 1. The van der Waals surface area contributed by atoms with Gasteiger partial charge in [-0.2, -0.15) is 0 Å². The Morgan fingerprint density at radius 2 is 2.47 bits per heavy atom. The molecule has 1 fully saturated rings. The van der Waals surface area contributed by atoms with Gasteiger partial charge in [-0.25, -0.2) is 0 Å². The average Bonchev–Trinajstić information content (AvgIpc) is 2.99. The lowest BCUT2D eigenvalue weighted by Crippen LogP contribution is -2.06. The highest BCUT2D eigenvalue weighted by Crippen LogP contribution is 2.22. The van der Waals surface area contributed by atoms with Crippen LogP contribution in [0.5, 0.6) is 0 Å². The van der Waals surface area contributed by atoms with Gasteiger partial charge in [0.15, 0.2) is 5.78 Å². The first kappa shape index (κ1) is 12.8. The number of rotatable bonds is 6. The minimum Gasteiger partial charge on any atom is -0.378 e. The van der Waals surface area contributed by atoms with Crippen molar-refractivity contribution in [3.63, 3.8) is 0 Å². The van der Waals surface area contributed by atoms with Crippen molar-refractivity contribution >= 4 is 17.1 Å². The maximum Gasteiger partial charge on any atom is 0.173 e. The summed E-state index contributed by atoms with van der Waals surface area (Å²) in [4.78, 5) is 13.0. The van der Waals surface area contributed by atoms with Crippen molar-refractivity contribution in [2.75, 3.05) is 6.61 Å². The van der Waals surface area contributed by atoms with E-state index in [2.05, 4.69) is 13.0 Å². The SMILES string of the molecule is CCc1ccsc1C(=O)CCCC1CCCO1. The zero-order valence-electron chi connectivity index (χ0n) is 10.4. The molecule has 1 aliphatic rings. The first-order chi connectivity index (χ1) is 8.31. The van der Waals surface area contributed by atoms with Crippen molar-refractivity contribution in [3.05, 3.63) is 21.9 Å². The zero-order chi connectivity index (χ0) is 12.1. The molecule has 1 aliphatic heterocycles. The molecular formula is C14H20O2S. The molecule has 2 heterocycles. The molecule has 0 radical (unpaired) electrons. The quantitative estimate of drug-likeness (QED) is 0.719. The average molecular weight is 252 g/mol. The molecule has 0 aliphatic carbocycles. The van der Waals surface area contributed by atoms with Crippen LogP contribution in [0.2, 0.25) is 0 Å². The van der Waals surface area contributed by atoms with Crippen LogP contribution in [0.3, 0.4) is 0 Å². The van der Waals surface area contributed by atoms with Gasteiger partial charge in [-0.3, -0.25) is 4.79 Å². The molecule has 0 aromatic carbocycles. The summed E-state index contributed by atoms with van der Waals surface area (Å²) in [5.41, 5.74) is 1.21. The molecule has 1 saturated heterocycles. The molecule has 1 atom stereocenters.